The highest BCUT2D eigenvalue weighted by Crippen LogP contribution is 2.18. The van der Waals surface area contributed by atoms with Crippen LogP contribution in [-0.2, 0) is 6.42 Å². The molecule has 0 saturated heterocycles. The number of rotatable bonds is 6. The third-order valence-corrected chi connectivity index (χ3v) is 3.60. The van der Waals surface area contributed by atoms with E-state index in [4.69, 9.17) is 0 Å². The summed E-state index contributed by atoms with van der Waals surface area (Å²) in [6, 6.07) is 8.71. The van der Waals surface area contributed by atoms with E-state index < -0.39 is 0 Å². The maximum absolute atomic E-state index is 4.35. The van der Waals surface area contributed by atoms with Gasteiger partial charge in [0, 0.05) is 0 Å². The van der Waals surface area contributed by atoms with Gasteiger partial charge in [-0.2, -0.15) is 0 Å². The number of benzene rings is 1. The molecule has 0 amide bonds. The topological polar surface area (TPSA) is 42.7 Å². The van der Waals surface area contributed by atoms with Crippen LogP contribution in [0.4, 0.5) is 0 Å². The Bertz CT molecular complexity index is 559. The van der Waals surface area contributed by atoms with Crippen molar-refractivity contribution in [1.29, 1.82) is 0 Å². The van der Waals surface area contributed by atoms with E-state index in [1.54, 1.807) is 0 Å². The molecule has 0 radical (unpaired) electrons. The van der Waals surface area contributed by atoms with Crippen LogP contribution in [0.25, 0.3) is 5.69 Å². The van der Waals surface area contributed by atoms with Gasteiger partial charge in [0.25, 0.3) is 0 Å². The van der Waals surface area contributed by atoms with E-state index >= 15 is 0 Å². The third-order valence-electron chi connectivity index (χ3n) is 3.60. The van der Waals surface area contributed by atoms with Crippen molar-refractivity contribution in [3.8, 4) is 5.69 Å². The number of nitrogens with zero attached hydrogens (tertiary/aromatic N) is 3. The van der Waals surface area contributed by atoms with Gasteiger partial charge in [0.15, 0.2) is 0 Å². The van der Waals surface area contributed by atoms with E-state index in [2.05, 4.69) is 67.6 Å². The molecule has 1 heterocycles. The van der Waals surface area contributed by atoms with E-state index in [1.165, 1.54) is 5.56 Å². The quantitative estimate of drug-likeness (QED) is 0.878. The summed E-state index contributed by atoms with van der Waals surface area (Å²) >= 11 is 0. The van der Waals surface area contributed by atoms with Crippen molar-refractivity contribution >= 4 is 0 Å². The van der Waals surface area contributed by atoms with Gasteiger partial charge < -0.3 is 5.32 Å². The summed E-state index contributed by atoms with van der Waals surface area (Å²) in [5.41, 5.74) is 4.54. The smallest absolute Gasteiger partial charge is 0.103 e. The Hall–Kier alpha value is -1.68. The summed E-state index contributed by atoms with van der Waals surface area (Å²) in [7, 11) is 0. The Morgan fingerprint density at radius 3 is 2.80 bits per heavy atom. The Morgan fingerprint density at radius 2 is 2.10 bits per heavy atom. The molecule has 2 aromatic rings. The Kier molecular flexibility index (Phi) is 4.90. The summed E-state index contributed by atoms with van der Waals surface area (Å²) in [4.78, 5) is 0. The second-order valence-electron chi connectivity index (χ2n) is 5.17. The standard InChI is InChI=1S/C16H24N4/c1-5-10-17-12(3)16-13(4)20(19-18-16)15-9-7-8-14(6-2)11-15/h7-9,11-12,17H,5-6,10H2,1-4H3. The Morgan fingerprint density at radius 1 is 1.30 bits per heavy atom. The highest BCUT2D eigenvalue weighted by molar-refractivity contribution is 5.37. The number of aromatic nitrogens is 3. The zero-order valence-corrected chi connectivity index (χ0v) is 12.8. The molecule has 1 N–H and O–H groups in total. The van der Waals surface area contributed by atoms with Crippen LogP contribution in [0.5, 0.6) is 0 Å². The van der Waals surface area contributed by atoms with Crippen LogP contribution in [0.2, 0.25) is 0 Å². The maximum atomic E-state index is 4.35. The molecule has 0 bridgehead atoms. The van der Waals surface area contributed by atoms with Crippen LogP contribution in [-0.4, -0.2) is 21.5 Å². The normalized spacial score (nSPS) is 12.6. The summed E-state index contributed by atoms with van der Waals surface area (Å²) in [6.07, 6.45) is 2.15. The summed E-state index contributed by atoms with van der Waals surface area (Å²) in [5, 5.41) is 12.1. The first-order valence-corrected chi connectivity index (χ1v) is 7.42. The van der Waals surface area contributed by atoms with Crippen LogP contribution in [0.15, 0.2) is 24.3 Å². The van der Waals surface area contributed by atoms with Crippen molar-refractivity contribution in [1.82, 2.24) is 20.3 Å². The largest absolute Gasteiger partial charge is 0.309 e. The molecule has 0 aliphatic rings. The molecule has 0 aliphatic heterocycles. The van der Waals surface area contributed by atoms with Gasteiger partial charge in [0.2, 0.25) is 0 Å². The minimum absolute atomic E-state index is 0.234. The maximum Gasteiger partial charge on any atom is 0.103 e. The van der Waals surface area contributed by atoms with Crippen molar-refractivity contribution in [2.75, 3.05) is 6.54 Å². The van der Waals surface area contributed by atoms with Gasteiger partial charge in [-0.1, -0.05) is 31.2 Å². The third kappa shape index (κ3) is 3.07. The molecule has 0 spiro atoms. The van der Waals surface area contributed by atoms with Gasteiger partial charge in [-0.25, -0.2) is 4.68 Å². The van der Waals surface area contributed by atoms with Crippen LogP contribution >= 0.6 is 0 Å². The van der Waals surface area contributed by atoms with Crippen molar-refractivity contribution in [3.63, 3.8) is 0 Å². The predicted molar refractivity (Wildman–Crippen MR) is 82.2 cm³/mol. The van der Waals surface area contributed by atoms with Crippen molar-refractivity contribution in [2.45, 2.75) is 46.6 Å². The summed E-state index contributed by atoms with van der Waals surface area (Å²) in [5.74, 6) is 0. The van der Waals surface area contributed by atoms with E-state index in [0.29, 0.717) is 0 Å². The first-order chi connectivity index (χ1) is 9.67. The lowest BCUT2D eigenvalue weighted by Gasteiger charge is -2.11. The molecular weight excluding hydrogens is 248 g/mol. The van der Waals surface area contributed by atoms with Crippen LogP contribution in [0, 0.1) is 6.92 Å². The van der Waals surface area contributed by atoms with Crippen molar-refractivity contribution < 1.29 is 0 Å². The molecule has 4 nitrogen and oxygen atoms in total. The van der Waals surface area contributed by atoms with Gasteiger partial charge in [0.1, 0.15) is 5.69 Å². The van der Waals surface area contributed by atoms with Crippen molar-refractivity contribution in [3.05, 3.63) is 41.2 Å². The molecule has 1 unspecified atom stereocenters. The second-order valence-corrected chi connectivity index (χ2v) is 5.17. The zero-order chi connectivity index (χ0) is 14.5. The fourth-order valence-corrected chi connectivity index (χ4v) is 2.35. The number of hydrogen-bond acceptors (Lipinski definition) is 3. The predicted octanol–water partition coefficient (Wildman–Crippen LogP) is 3.20. The molecular formula is C16H24N4. The SMILES string of the molecule is CCCNC(C)c1nnn(-c2cccc(CC)c2)c1C. The second kappa shape index (κ2) is 6.66. The molecule has 2 rings (SSSR count). The molecule has 0 fully saturated rings. The molecule has 1 atom stereocenters. The van der Waals surface area contributed by atoms with Gasteiger partial charge in [-0.15, -0.1) is 5.10 Å². The number of aryl methyl sites for hydroxylation is 1. The lowest BCUT2D eigenvalue weighted by molar-refractivity contribution is 0.555. The minimum Gasteiger partial charge on any atom is -0.309 e. The first-order valence-electron chi connectivity index (χ1n) is 7.42. The zero-order valence-electron chi connectivity index (χ0n) is 12.8. The first kappa shape index (κ1) is 14.7. The molecule has 0 saturated carbocycles. The fraction of sp³-hybridized carbons (Fsp3) is 0.500. The fourth-order valence-electron chi connectivity index (χ4n) is 2.35. The lowest BCUT2D eigenvalue weighted by atomic mass is 10.1. The Labute approximate surface area is 121 Å². The average Bonchev–Trinajstić information content (AvgIpc) is 2.86. The number of nitrogens with one attached hydrogen (secondary N) is 1. The van der Waals surface area contributed by atoms with Crippen LogP contribution in [0.1, 0.15) is 50.2 Å². The van der Waals surface area contributed by atoms with Crippen LogP contribution < -0.4 is 5.32 Å². The minimum atomic E-state index is 0.234. The summed E-state index contributed by atoms with van der Waals surface area (Å²) < 4.78 is 1.93. The van der Waals surface area contributed by atoms with Crippen LogP contribution in [0.3, 0.4) is 0 Å². The average molecular weight is 272 g/mol. The van der Waals surface area contributed by atoms with E-state index in [-0.39, 0.29) is 6.04 Å². The Balaban J connectivity index is 2.27. The number of hydrogen-bond donors (Lipinski definition) is 1. The molecule has 20 heavy (non-hydrogen) atoms. The van der Waals surface area contributed by atoms with Gasteiger partial charge >= 0.3 is 0 Å². The van der Waals surface area contributed by atoms with Crippen molar-refractivity contribution in [2.24, 2.45) is 0 Å². The molecule has 0 aliphatic carbocycles. The molecule has 108 valence electrons. The molecule has 4 heteroatoms. The highest BCUT2D eigenvalue weighted by atomic mass is 15.4. The van der Waals surface area contributed by atoms with Gasteiger partial charge in [-0.3, -0.25) is 0 Å². The summed E-state index contributed by atoms with van der Waals surface area (Å²) in [6.45, 7) is 9.55. The molecule has 1 aromatic carbocycles. The monoisotopic (exact) mass is 272 g/mol. The highest BCUT2D eigenvalue weighted by Gasteiger charge is 2.15. The van der Waals surface area contributed by atoms with E-state index in [9.17, 15) is 0 Å². The van der Waals surface area contributed by atoms with Gasteiger partial charge in [-0.05, 0) is 50.9 Å². The van der Waals surface area contributed by atoms with E-state index in [1.807, 2.05) is 4.68 Å². The van der Waals surface area contributed by atoms with E-state index in [0.717, 1.165) is 36.5 Å². The molecule has 1 aromatic heterocycles. The lowest BCUT2D eigenvalue weighted by Crippen LogP contribution is -2.20. The van der Waals surface area contributed by atoms with Gasteiger partial charge in [0.05, 0.1) is 17.4 Å².